The Balaban J connectivity index is 2.30. The predicted molar refractivity (Wildman–Crippen MR) is 98.2 cm³/mol. The molecule has 10 heteroatoms. The lowest BCUT2D eigenvalue weighted by molar-refractivity contribution is 0.248. The molecule has 1 aliphatic heterocycles. The van der Waals surface area contributed by atoms with Gasteiger partial charge in [0.25, 0.3) is 5.56 Å². The summed E-state index contributed by atoms with van der Waals surface area (Å²) in [5.41, 5.74) is -0.163. The average molecular weight is 425 g/mol. The van der Waals surface area contributed by atoms with Gasteiger partial charge in [-0.3, -0.25) is 19.2 Å². The fourth-order valence-corrected chi connectivity index (χ4v) is 3.60. The number of hydrogen-bond acceptors (Lipinski definition) is 5. The number of urea groups is 1. The topological polar surface area (TPSA) is 104 Å². The summed E-state index contributed by atoms with van der Waals surface area (Å²) in [7, 11) is 5.89. The second kappa shape index (κ2) is 6.52. The van der Waals surface area contributed by atoms with Gasteiger partial charge in [0, 0.05) is 14.1 Å². The van der Waals surface area contributed by atoms with Crippen LogP contribution in [0.1, 0.15) is 17.2 Å². The molecule has 26 heavy (non-hydrogen) atoms. The van der Waals surface area contributed by atoms with E-state index in [1.165, 1.54) is 32.9 Å². The van der Waals surface area contributed by atoms with Crippen molar-refractivity contribution in [1.82, 2.24) is 14.5 Å². The molecule has 1 aromatic carbocycles. The maximum Gasteiger partial charge on any atom is 0.332 e. The van der Waals surface area contributed by atoms with Crippen molar-refractivity contribution in [3.63, 3.8) is 0 Å². The van der Waals surface area contributed by atoms with Crippen molar-refractivity contribution in [3.8, 4) is 11.5 Å². The molecule has 138 valence electrons. The Morgan fingerprint density at radius 1 is 1.08 bits per heavy atom. The van der Waals surface area contributed by atoms with Crippen LogP contribution >= 0.6 is 15.9 Å². The van der Waals surface area contributed by atoms with Gasteiger partial charge in [0.1, 0.15) is 5.82 Å². The van der Waals surface area contributed by atoms with E-state index < -0.39 is 23.3 Å². The average Bonchev–Trinajstić information content (AvgIpc) is 2.63. The highest BCUT2D eigenvalue weighted by molar-refractivity contribution is 9.10. The van der Waals surface area contributed by atoms with Crippen LogP contribution in [-0.4, -0.2) is 29.4 Å². The van der Waals surface area contributed by atoms with Crippen LogP contribution < -0.4 is 31.4 Å². The summed E-state index contributed by atoms with van der Waals surface area (Å²) in [6.07, 6.45) is 0. The predicted octanol–water partition coefficient (Wildman–Crippen LogP) is 1.09. The smallest absolute Gasteiger partial charge is 0.332 e. The minimum Gasteiger partial charge on any atom is -0.493 e. The summed E-state index contributed by atoms with van der Waals surface area (Å²) in [5, 5.41) is 5.26. The molecular formula is C16H17BrN4O5. The van der Waals surface area contributed by atoms with E-state index in [-0.39, 0.29) is 11.4 Å². The first-order valence-electron chi connectivity index (χ1n) is 7.59. The molecule has 0 spiro atoms. The van der Waals surface area contributed by atoms with Crippen LogP contribution in [0.2, 0.25) is 0 Å². The number of rotatable bonds is 3. The number of fused-ring (bicyclic) bond motifs is 1. The van der Waals surface area contributed by atoms with E-state index in [1.54, 1.807) is 12.1 Å². The van der Waals surface area contributed by atoms with Gasteiger partial charge in [0.2, 0.25) is 0 Å². The molecule has 0 saturated heterocycles. The molecule has 0 radical (unpaired) electrons. The molecule has 2 amide bonds. The summed E-state index contributed by atoms with van der Waals surface area (Å²) in [6, 6.07) is 2.12. The first-order chi connectivity index (χ1) is 12.3. The minimum absolute atomic E-state index is 0.165. The van der Waals surface area contributed by atoms with E-state index in [4.69, 9.17) is 9.47 Å². The van der Waals surface area contributed by atoms with Gasteiger partial charge >= 0.3 is 11.7 Å². The molecule has 1 aromatic heterocycles. The van der Waals surface area contributed by atoms with Gasteiger partial charge in [0.15, 0.2) is 11.5 Å². The fraction of sp³-hybridized carbons (Fsp3) is 0.312. The lowest BCUT2D eigenvalue weighted by atomic mass is 9.98. The minimum atomic E-state index is -0.764. The van der Waals surface area contributed by atoms with Crippen LogP contribution in [0.15, 0.2) is 26.2 Å². The zero-order chi connectivity index (χ0) is 19.2. The van der Waals surface area contributed by atoms with E-state index in [9.17, 15) is 14.4 Å². The summed E-state index contributed by atoms with van der Waals surface area (Å²) in [6.45, 7) is 0. The van der Waals surface area contributed by atoms with Crippen LogP contribution in [0.4, 0.5) is 10.6 Å². The van der Waals surface area contributed by atoms with Crippen LogP contribution in [0.3, 0.4) is 0 Å². The number of carbonyl (C=O) groups is 1. The molecule has 2 heterocycles. The number of hydrogen-bond donors (Lipinski definition) is 2. The third-order valence-electron chi connectivity index (χ3n) is 4.28. The quantitative estimate of drug-likeness (QED) is 0.767. The molecule has 0 bridgehead atoms. The third kappa shape index (κ3) is 2.66. The number of benzene rings is 1. The van der Waals surface area contributed by atoms with Crippen LogP contribution in [0.25, 0.3) is 0 Å². The highest BCUT2D eigenvalue weighted by Gasteiger charge is 2.32. The van der Waals surface area contributed by atoms with Crippen molar-refractivity contribution in [1.29, 1.82) is 0 Å². The molecule has 0 aliphatic carbocycles. The zero-order valence-electron chi connectivity index (χ0n) is 14.5. The normalized spacial score (nSPS) is 15.7. The number of ether oxygens (including phenoxy) is 2. The number of carbonyl (C=O) groups excluding carboxylic acids is 1. The summed E-state index contributed by atoms with van der Waals surface area (Å²) in [5.74, 6) is 1.09. The molecule has 2 N–H and O–H groups in total. The standard InChI is InChI=1S/C16H17BrN4O5/c1-20-13-10(14(22)21(2)16(20)24)11(18-15(23)19-13)7-5-8(17)12(26-4)9(6-7)25-3/h5-6,11H,1-4H3,(H2,18,19,23)/t11-/m0/s1. The van der Waals surface area contributed by atoms with Gasteiger partial charge in [-0.1, -0.05) is 0 Å². The van der Waals surface area contributed by atoms with Crippen molar-refractivity contribution < 1.29 is 14.3 Å². The van der Waals surface area contributed by atoms with Gasteiger partial charge < -0.3 is 14.8 Å². The second-order valence-corrected chi connectivity index (χ2v) is 6.59. The van der Waals surface area contributed by atoms with E-state index in [0.29, 0.717) is 21.5 Å². The number of halogens is 1. The Hall–Kier alpha value is -2.75. The maximum absolute atomic E-state index is 12.7. The summed E-state index contributed by atoms with van der Waals surface area (Å²) in [4.78, 5) is 37.0. The molecule has 0 saturated carbocycles. The first-order valence-corrected chi connectivity index (χ1v) is 8.38. The Kier molecular flexibility index (Phi) is 4.53. The number of methoxy groups -OCH3 is 2. The third-order valence-corrected chi connectivity index (χ3v) is 4.87. The Bertz CT molecular complexity index is 1030. The van der Waals surface area contributed by atoms with Crippen molar-refractivity contribution in [2.75, 3.05) is 19.5 Å². The van der Waals surface area contributed by atoms with E-state index >= 15 is 0 Å². The Labute approximate surface area is 156 Å². The van der Waals surface area contributed by atoms with E-state index in [2.05, 4.69) is 26.6 Å². The summed E-state index contributed by atoms with van der Waals surface area (Å²) >= 11 is 3.41. The van der Waals surface area contributed by atoms with Crippen molar-refractivity contribution >= 4 is 27.8 Å². The first kappa shape index (κ1) is 18.1. The number of aromatic nitrogens is 2. The Morgan fingerprint density at radius 2 is 1.77 bits per heavy atom. The SMILES string of the molecule is COc1cc([C@@H]2NC(=O)Nc3c2c(=O)n(C)c(=O)n3C)cc(Br)c1OC. The van der Waals surface area contributed by atoms with E-state index in [0.717, 1.165) is 4.57 Å². The van der Waals surface area contributed by atoms with Crippen LogP contribution in [0.5, 0.6) is 11.5 Å². The molecule has 3 rings (SSSR count). The molecule has 9 nitrogen and oxygen atoms in total. The number of nitrogens with one attached hydrogen (secondary N) is 2. The largest absolute Gasteiger partial charge is 0.493 e. The zero-order valence-corrected chi connectivity index (χ0v) is 16.1. The molecule has 2 aromatic rings. The monoisotopic (exact) mass is 424 g/mol. The Morgan fingerprint density at radius 3 is 2.38 bits per heavy atom. The molecule has 1 atom stereocenters. The van der Waals surface area contributed by atoms with Gasteiger partial charge in [-0.15, -0.1) is 0 Å². The van der Waals surface area contributed by atoms with Crippen LogP contribution in [0, 0.1) is 0 Å². The van der Waals surface area contributed by atoms with Gasteiger partial charge in [-0.2, -0.15) is 0 Å². The lowest BCUT2D eigenvalue weighted by Crippen LogP contribution is -2.49. The fourth-order valence-electron chi connectivity index (χ4n) is 2.98. The number of anilines is 1. The molecular weight excluding hydrogens is 408 g/mol. The van der Waals surface area contributed by atoms with Crippen molar-refractivity contribution in [2.45, 2.75) is 6.04 Å². The molecule has 0 unspecified atom stereocenters. The maximum atomic E-state index is 12.7. The second-order valence-electron chi connectivity index (χ2n) is 5.74. The molecule has 0 fully saturated rings. The van der Waals surface area contributed by atoms with Gasteiger partial charge in [0.05, 0.1) is 30.3 Å². The lowest BCUT2D eigenvalue weighted by Gasteiger charge is -2.29. The van der Waals surface area contributed by atoms with Gasteiger partial charge in [-0.25, -0.2) is 9.59 Å². The van der Waals surface area contributed by atoms with E-state index in [1.807, 2.05) is 0 Å². The molecule has 1 aliphatic rings. The summed E-state index contributed by atoms with van der Waals surface area (Å²) < 4.78 is 13.5. The number of nitrogens with zero attached hydrogens (tertiary/aromatic N) is 2. The number of amides is 2. The van der Waals surface area contributed by atoms with Crippen LogP contribution in [-0.2, 0) is 14.1 Å². The highest BCUT2D eigenvalue weighted by Crippen LogP contribution is 2.39. The van der Waals surface area contributed by atoms with Gasteiger partial charge in [-0.05, 0) is 33.6 Å². The van der Waals surface area contributed by atoms with Crippen molar-refractivity contribution in [3.05, 3.63) is 48.6 Å². The highest BCUT2D eigenvalue weighted by atomic mass is 79.9. The van der Waals surface area contributed by atoms with Crippen molar-refractivity contribution in [2.24, 2.45) is 14.1 Å².